The Morgan fingerprint density at radius 2 is 1.88 bits per heavy atom. The largest absolute Gasteiger partial charge is 0.451 e. The van der Waals surface area contributed by atoms with Gasteiger partial charge in [0.1, 0.15) is 5.03 Å². The normalized spacial score (nSPS) is 17.2. The summed E-state index contributed by atoms with van der Waals surface area (Å²) in [5.41, 5.74) is 0.220. The van der Waals surface area contributed by atoms with E-state index in [1.54, 1.807) is 25.1 Å². The lowest BCUT2D eigenvalue weighted by molar-refractivity contribution is -0.145. The highest BCUT2D eigenvalue weighted by atomic mass is 32.2. The van der Waals surface area contributed by atoms with E-state index < -0.39 is 17.3 Å². The second-order valence-corrected chi connectivity index (χ2v) is 7.80. The van der Waals surface area contributed by atoms with Gasteiger partial charge in [0.15, 0.2) is 0 Å². The first-order valence-corrected chi connectivity index (χ1v) is 9.53. The number of hydrogen-bond acceptors (Lipinski definition) is 4. The van der Waals surface area contributed by atoms with Crippen molar-refractivity contribution in [2.45, 2.75) is 61.5 Å². The molecule has 1 aromatic heterocycles. The van der Waals surface area contributed by atoms with Crippen LogP contribution in [0.5, 0.6) is 0 Å². The summed E-state index contributed by atoms with van der Waals surface area (Å²) < 4.78 is 39.3. The average Bonchev–Trinajstić information content (AvgIpc) is 2.61. The quantitative estimate of drug-likeness (QED) is 0.620. The van der Waals surface area contributed by atoms with Gasteiger partial charge in [0.2, 0.25) is 11.7 Å². The van der Waals surface area contributed by atoms with Crippen molar-refractivity contribution in [2.24, 2.45) is 0 Å². The molecule has 1 aliphatic carbocycles. The maximum atomic E-state index is 13.1. The Kier molecular flexibility index (Phi) is 5.70. The maximum absolute atomic E-state index is 13.1. The average molecular weight is 383 g/mol. The zero-order valence-corrected chi connectivity index (χ0v) is 15.2. The van der Waals surface area contributed by atoms with Crippen molar-refractivity contribution >= 4 is 28.6 Å². The highest BCUT2D eigenvalue weighted by molar-refractivity contribution is 8.00. The maximum Gasteiger partial charge on any atom is 0.451 e. The molecule has 1 N–H and O–H groups in total. The topological polar surface area (TPSA) is 54.9 Å². The highest BCUT2D eigenvalue weighted by Crippen LogP contribution is 2.33. The third kappa shape index (κ3) is 4.47. The zero-order chi connectivity index (χ0) is 18.7. The van der Waals surface area contributed by atoms with E-state index in [-0.39, 0.29) is 22.5 Å². The molecule has 0 aliphatic heterocycles. The minimum Gasteiger partial charge on any atom is -0.352 e. The molecular weight excluding hydrogens is 363 g/mol. The predicted octanol–water partition coefficient (Wildman–Crippen LogP) is 4.58. The van der Waals surface area contributed by atoms with Crippen LogP contribution in [0.3, 0.4) is 0 Å². The number of carbonyl (C=O) groups excluding carboxylic acids is 1. The van der Waals surface area contributed by atoms with Crippen molar-refractivity contribution in [3.63, 3.8) is 0 Å². The SMILES string of the molecule is C[C@@H](Sc1nc(C(F)(F)F)nc2ccccc12)C(=O)NC1CCCCC1. The summed E-state index contributed by atoms with van der Waals surface area (Å²) in [7, 11) is 0. The number of aromatic nitrogens is 2. The number of benzene rings is 1. The van der Waals surface area contributed by atoms with Crippen LogP contribution in [0.1, 0.15) is 44.9 Å². The molecule has 1 fully saturated rings. The van der Waals surface area contributed by atoms with E-state index in [0.29, 0.717) is 5.39 Å². The molecule has 0 bridgehead atoms. The fourth-order valence-electron chi connectivity index (χ4n) is 3.05. The number of carbonyl (C=O) groups is 1. The van der Waals surface area contributed by atoms with E-state index >= 15 is 0 Å². The van der Waals surface area contributed by atoms with Crippen LogP contribution in [0, 0.1) is 0 Å². The lowest BCUT2D eigenvalue weighted by atomic mass is 9.95. The van der Waals surface area contributed by atoms with E-state index in [0.717, 1.165) is 37.4 Å². The highest BCUT2D eigenvalue weighted by Gasteiger charge is 2.36. The van der Waals surface area contributed by atoms with Gasteiger partial charge in [-0.2, -0.15) is 13.2 Å². The molecule has 2 aromatic rings. The second-order valence-electron chi connectivity index (χ2n) is 6.47. The van der Waals surface area contributed by atoms with Gasteiger partial charge in [0.25, 0.3) is 0 Å². The Bertz CT molecular complexity index is 791. The second kappa shape index (κ2) is 7.82. The van der Waals surface area contributed by atoms with Crippen molar-refractivity contribution < 1.29 is 18.0 Å². The van der Waals surface area contributed by atoms with Crippen LogP contribution in [-0.2, 0) is 11.0 Å². The summed E-state index contributed by atoms with van der Waals surface area (Å²) in [6.07, 6.45) is 0.655. The molecule has 8 heteroatoms. The summed E-state index contributed by atoms with van der Waals surface area (Å²) in [5, 5.41) is 3.15. The fraction of sp³-hybridized carbons (Fsp3) is 0.500. The van der Waals surface area contributed by atoms with Gasteiger partial charge >= 0.3 is 6.18 Å². The number of halogens is 3. The van der Waals surface area contributed by atoms with Gasteiger partial charge in [-0.25, -0.2) is 9.97 Å². The molecule has 140 valence electrons. The summed E-state index contributed by atoms with van der Waals surface area (Å²) >= 11 is 1.04. The zero-order valence-electron chi connectivity index (χ0n) is 14.3. The van der Waals surface area contributed by atoms with Crippen LogP contribution in [0.15, 0.2) is 29.3 Å². The van der Waals surface area contributed by atoms with Gasteiger partial charge in [-0.05, 0) is 25.8 Å². The fourth-order valence-corrected chi connectivity index (χ4v) is 4.00. The Morgan fingerprint density at radius 1 is 1.19 bits per heavy atom. The Balaban J connectivity index is 1.81. The van der Waals surface area contributed by atoms with Crippen molar-refractivity contribution in [3.8, 4) is 0 Å². The lowest BCUT2D eigenvalue weighted by Crippen LogP contribution is -2.40. The van der Waals surface area contributed by atoms with Crippen molar-refractivity contribution in [1.29, 1.82) is 0 Å². The number of fused-ring (bicyclic) bond motifs is 1. The van der Waals surface area contributed by atoms with Crippen LogP contribution >= 0.6 is 11.8 Å². The molecule has 3 rings (SSSR count). The van der Waals surface area contributed by atoms with Gasteiger partial charge < -0.3 is 5.32 Å². The number of rotatable bonds is 4. The summed E-state index contributed by atoms with van der Waals surface area (Å²) in [6, 6.07) is 6.69. The monoisotopic (exact) mass is 383 g/mol. The Hall–Kier alpha value is -1.83. The van der Waals surface area contributed by atoms with Crippen LogP contribution in [0.2, 0.25) is 0 Å². The standard InChI is InChI=1S/C18H20F3N3OS/c1-11(15(25)22-12-7-3-2-4-8-12)26-16-13-9-5-6-10-14(13)23-17(24-16)18(19,20)21/h5-6,9-12H,2-4,7-8H2,1H3,(H,22,25)/t11-/m1/s1. The molecule has 1 heterocycles. The van der Waals surface area contributed by atoms with Crippen molar-refractivity contribution in [3.05, 3.63) is 30.1 Å². The first-order valence-electron chi connectivity index (χ1n) is 8.65. The molecule has 1 atom stereocenters. The van der Waals surface area contributed by atoms with E-state index in [9.17, 15) is 18.0 Å². The molecule has 4 nitrogen and oxygen atoms in total. The molecule has 0 spiro atoms. The Morgan fingerprint density at radius 3 is 2.58 bits per heavy atom. The van der Waals surface area contributed by atoms with Crippen molar-refractivity contribution in [2.75, 3.05) is 0 Å². The van der Waals surface area contributed by atoms with Crippen LogP contribution < -0.4 is 5.32 Å². The van der Waals surface area contributed by atoms with E-state index in [1.165, 1.54) is 12.5 Å². The van der Waals surface area contributed by atoms with Crippen LogP contribution in [0.4, 0.5) is 13.2 Å². The lowest BCUT2D eigenvalue weighted by Gasteiger charge is -2.24. The molecule has 0 unspecified atom stereocenters. The summed E-state index contributed by atoms with van der Waals surface area (Å²) in [6.45, 7) is 1.69. The molecule has 1 aliphatic rings. The first-order chi connectivity index (χ1) is 12.3. The first kappa shape index (κ1) is 18.9. The van der Waals surface area contributed by atoms with Crippen LogP contribution in [0.25, 0.3) is 10.9 Å². The third-order valence-electron chi connectivity index (χ3n) is 4.43. The number of amides is 1. The van der Waals surface area contributed by atoms with Gasteiger partial charge in [0.05, 0.1) is 10.8 Å². The van der Waals surface area contributed by atoms with Crippen molar-refractivity contribution in [1.82, 2.24) is 15.3 Å². The minimum atomic E-state index is -4.63. The van der Waals surface area contributed by atoms with Gasteiger partial charge in [-0.3, -0.25) is 4.79 Å². The number of hydrogen-bond donors (Lipinski definition) is 1. The number of nitrogens with zero attached hydrogens (tertiary/aromatic N) is 2. The molecule has 1 aromatic carbocycles. The molecular formula is C18H20F3N3OS. The van der Waals surface area contributed by atoms with E-state index in [4.69, 9.17) is 0 Å². The predicted molar refractivity (Wildman–Crippen MR) is 94.9 cm³/mol. The van der Waals surface area contributed by atoms with Gasteiger partial charge in [-0.1, -0.05) is 49.2 Å². The molecule has 0 radical (unpaired) electrons. The number of alkyl halides is 3. The number of para-hydroxylation sites is 1. The Labute approximate surface area is 154 Å². The minimum absolute atomic E-state index is 0.159. The van der Waals surface area contributed by atoms with Gasteiger partial charge in [-0.15, -0.1) is 0 Å². The molecule has 1 saturated carbocycles. The number of nitrogens with one attached hydrogen (secondary N) is 1. The number of thioether (sulfide) groups is 1. The smallest absolute Gasteiger partial charge is 0.352 e. The molecule has 0 saturated heterocycles. The molecule has 26 heavy (non-hydrogen) atoms. The summed E-state index contributed by atoms with van der Waals surface area (Å²) in [4.78, 5) is 19.7. The summed E-state index contributed by atoms with van der Waals surface area (Å²) in [5.74, 6) is -1.35. The van der Waals surface area contributed by atoms with Crippen LogP contribution in [-0.4, -0.2) is 27.2 Å². The van der Waals surface area contributed by atoms with E-state index in [2.05, 4.69) is 15.3 Å². The molecule has 1 amide bonds. The van der Waals surface area contributed by atoms with E-state index in [1.807, 2.05) is 0 Å². The van der Waals surface area contributed by atoms with Gasteiger partial charge in [0, 0.05) is 11.4 Å². The third-order valence-corrected chi connectivity index (χ3v) is 5.53.